The van der Waals surface area contributed by atoms with Crippen LogP contribution in [0.2, 0.25) is 0 Å². The van der Waals surface area contributed by atoms with Gasteiger partial charge in [-0.25, -0.2) is 14.5 Å². The van der Waals surface area contributed by atoms with Gasteiger partial charge in [-0.15, -0.1) is 0 Å². The number of hydrogen-bond donors (Lipinski definition) is 1. The van der Waals surface area contributed by atoms with Crippen LogP contribution in [0.4, 0.5) is 9.59 Å². The fourth-order valence-electron chi connectivity index (χ4n) is 1.36. The average molecular weight is 318 g/mol. The average Bonchev–Trinajstić information content (AvgIpc) is 2.48. The molecule has 0 aliphatic heterocycles. The third kappa shape index (κ3) is 8.08. The molecule has 0 saturated heterocycles. The predicted molar refractivity (Wildman–Crippen MR) is 75.0 cm³/mol. The summed E-state index contributed by atoms with van der Waals surface area (Å²) in [6, 6.07) is -0.685. The molecule has 3 amide bonds. The van der Waals surface area contributed by atoms with E-state index >= 15 is 0 Å². The molecule has 0 heterocycles. The van der Waals surface area contributed by atoms with Crippen molar-refractivity contribution in [1.29, 1.82) is 0 Å². The lowest BCUT2D eigenvalue weighted by Gasteiger charge is -2.18. The number of carbonyl (C=O) groups is 4. The van der Waals surface area contributed by atoms with E-state index < -0.39 is 24.1 Å². The Hall–Kier alpha value is -2.32. The number of amides is 3. The Balaban J connectivity index is 4.14. The summed E-state index contributed by atoms with van der Waals surface area (Å²) >= 11 is 0. The van der Waals surface area contributed by atoms with E-state index in [9.17, 15) is 19.2 Å². The molecule has 22 heavy (non-hydrogen) atoms. The molecular formula is C13H22N2O7. The van der Waals surface area contributed by atoms with Crippen molar-refractivity contribution >= 4 is 24.1 Å². The Labute approximate surface area is 128 Å². The fraction of sp³-hybridized carbons (Fsp3) is 0.692. The number of methoxy groups -OCH3 is 1. The second-order valence-electron chi connectivity index (χ2n) is 3.97. The maximum atomic E-state index is 11.8. The molecule has 0 spiro atoms. The minimum absolute atomic E-state index is 0.00845. The predicted octanol–water partition coefficient (Wildman–Crippen LogP) is 0.671. The van der Waals surface area contributed by atoms with Gasteiger partial charge >= 0.3 is 24.1 Å². The van der Waals surface area contributed by atoms with Gasteiger partial charge in [0.05, 0.1) is 26.6 Å². The Morgan fingerprint density at radius 3 is 2.23 bits per heavy atom. The molecule has 0 radical (unpaired) electrons. The van der Waals surface area contributed by atoms with Gasteiger partial charge in [-0.3, -0.25) is 9.59 Å². The van der Waals surface area contributed by atoms with Gasteiger partial charge in [0.2, 0.25) is 0 Å². The number of urea groups is 1. The molecule has 9 heteroatoms. The summed E-state index contributed by atoms with van der Waals surface area (Å²) in [6.45, 7) is 3.48. The van der Waals surface area contributed by atoms with Gasteiger partial charge in [-0.2, -0.15) is 0 Å². The minimum atomic E-state index is -0.875. The molecule has 0 aromatic rings. The molecule has 0 fully saturated rings. The van der Waals surface area contributed by atoms with Crippen molar-refractivity contribution in [3.8, 4) is 0 Å². The topological polar surface area (TPSA) is 111 Å². The summed E-state index contributed by atoms with van der Waals surface area (Å²) in [4.78, 5) is 46.3. The van der Waals surface area contributed by atoms with Crippen molar-refractivity contribution in [2.75, 3.05) is 33.4 Å². The molecule has 0 rings (SSSR count). The van der Waals surface area contributed by atoms with Gasteiger partial charge < -0.3 is 19.5 Å². The van der Waals surface area contributed by atoms with E-state index in [0.717, 1.165) is 4.90 Å². The van der Waals surface area contributed by atoms with Gasteiger partial charge in [0.15, 0.2) is 0 Å². The summed E-state index contributed by atoms with van der Waals surface area (Å²) in [7, 11) is 1.22. The Kier molecular flexibility index (Phi) is 10.2. The highest BCUT2D eigenvalue weighted by molar-refractivity contribution is 5.91. The van der Waals surface area contributed by atoms with Gasteiger partial charge in [0.25, 0.3) is 0 Å². The molecule has 0 unspecified atom stereocenters. The molecule has 0 aromatic heterocycles. The van der Waals surface area contributed by atoms with Crippen LogP contribution in [-0.4, -0.2) is 62.4 Å². The lowest BCUT2D eigenvalue weighted by atomic mass is 10.4. The van der Waals surface area contributed by atoms with Crippen LogP contribution in [0.1, 0.15) is 26.7 Å². The highest BCUT2D eigenvalue weighted by atomic mass is 16.6. The van der Waals surface area contributed by atoms with E-state index in [4.69, 9.17) is 9.47 Å². The summed E-state index contributed by atoms with van der Waals surface area (Å²) in [5, 5.41) is 2.41. The van der Waals surface area contributed by atoms with Crippen LogP contribution in [0.25, 0.3) is 0 Å². The lowest BCUT2D eigenvalue weighted by molar-refractivity contribution is -0.143. The molecule has 0 atom stereocenters. The zero-order chi connectivity index (χ0) is 17.0. The number of nitrogens with one attached hydrogen (secondary N) is 1. The van der Waals surface area contributed by atoms with Crippen LogP contribution in [0.3, 0.4) is 0 Å². The van der Waals surface area contributed by atoms with Crippen molar-refractivity contribution in [3.63, 3.8) is 0 Å². The molecule has 0 aromatic carbocycles. The van der Waals surface area contributed by atoms with E-state index in [2.05, 4.69) is 10.1 Å². The van der Waals surface area contributed by atoms with E-state index in [0.29, 0.717) is 0 Å². The van der Waals surface area contributed by atoms with Crippen LogP contribution >= 0.6 is 0 Å². The first kappa shape index (κ1) is 19.7. The first-order valence-corrected chi connectivity index (χ1v) is 6.90. The molecule has 1 N–H and O–H groups in total. The van der Waals surface area contributed by atoms with Crippen LogP contribution < -0.4 is 5.32 Å². The van der Waals surface area contributed by atoms with Crippen LogP contribution in [0, 0.1) is 0 Å². The lowest BCUT2D eigenvalue weighted by Crippen LogP contribution is -2.44. The number of nitrogens with zero attached hydrogens (tertiary/aromatic N) is 1. The zero-order valence-electron chi connectivity index (χ0n) is 13.0. The minimum Gasteiger partial charge on any atom is -0.469 e. The van der Waals surface area contributed by atoms with E-state index in [1.807, 2.05) is 0 Å². The standard InChI is InChI=1S/C13H22N2O7/c1-4-15(13(19)22-9-7-10(16)20-3)12(18)14-8-6-11(17)21-5-2/h4-9H2,1-3H3,(H,14,18). The normalized spacial score (nSPS) is 9.59. The van der Waals surface area contributed by atoms with Gasteiger partial charge in [0.1, 0.15) is 6.61 Å². The summed E-state index contributed by atoms with van der Waals surface area (Å²) in [6.07, 6.45) is -0.959. The van der Waals surface area contributed by atoms with Gasteiger partial charge in [0, 0.05) is 13.1 Å². The number of esters is 2. The van der Waals surface area contributed by atoms with E-state index in [1.165, 1.54) is 7.11 Å². The Morgan fingerprint density at radius 1 is 1.00 bits per heavy atom. The highest BCUT2D eigenvalue weighted by Crippen LogP contribution is 1.97. The van der Waals surface area contributed by atoms with Crippen molar-refractivity contribution in [2.24, 2.45) is 0 Å². The van der Waals surface area contributed by atoms with Crippen molar-refractivity contribution in [3.05, 3.63) is 0 Å². The molecule has 126 valence electrons. The quantitative estimate of drug-likeness (QED) is 0.517. The maximum Gasteiger partial charge on any atom is 0.417 e. The molecule has 9 nitrogen and oxygen atoms in total. The molecule has 0 saturated carbocycles. The van der Waals surface area contributed by atoms with Crippen LogP contribution in [-0.2, 0) is 23.8 Å². The second kappa shape index (κ2) is 11.4. The first-order valence-electron chi connectivity index (χ1n) is 6.90. The SMILES string of the molecule is CCOC(=O)CCNC(=O)N(CC)C(=O)OCCC(=O)OC. The number of ether oxygens (including phenoxy) is 3. The number of imide groups is 1. The molecule has 0 bridgehead atoms. The number of hydrogen-bond acceptors (Lipinski definition) is 7. The van der Waals surface area contributed by atoms with Gasteiger partial charge in [-0.1, -0.05) is 0 Å². The maximum absolute atomic E-state index is 11.8. The third-order valence-corrected chi connectivity index (χ3v) is 2.45. The summed E-state index contributed by atoms with van der Waals surface area (Å²) < 4.78 is 13.9. The van der Waals surface area contributed by atoms with Gasteiger partial charge in [-0.05, 0) is 13.8 Å². The van der Waals surface area contributed by atoms with Crippen molar-refractivity contribution < 1.29 is 33.4 Å². The third-order valence-electron chi connectivity index (χ3n) is 2.45. The molecule has 0 aliphatic rings. The van der Waals surface area contributed by atoms with Crippen LogP contribution in [0.15, 0.2) is 0 Å². The fourth-order valence-corrected chi connectivity index (χ4v) is 1.36. The Bertz CT molecular complexity index is 398. The van der Waals surface area contributed by atoms with E-state index in [1.54, 1.807) is 13.8 Å². The molecule has 0 aliphatic carbocycles. The molecular weight excluding hydrogens is 296 g/mol. The first-order chi connectivity index (χ1) is 10.5. The second-order valence-corrected chi connectivity index (χ2v) is 3.97. The monoisotopic (exact) mass is 318 g/mol. The Morgan fingerprint density at radius 2 is 1.68 bits per heavy atom. The van der Waals surface area contributed by atoms with Crippen LogP contribution in [0.5, 0.6) is 0 Å². The summed E-state index contributed by atoms with van der Waals surface area (Å²) in [5.74, 6) is -0.957. The van der Waals surface area contributed by atoms with Crippen molar-refractivity contribution in [1.82, 2.24) is 10.2 Å². The highest BCUT2D eigenvalue weighted by Gasteiger charge is 2.21. The summed E-state index contributed by atoms with van der Waals surface area (Å²) in [5.41, 5.74) is 0. The largest absolute Gasteiger partial charge is 0.469 e. The number of carbonyl (C=O) groups excluding carboxylic acids is 4. The zero-order valence-corrected chi connectivity index (χ0v) is 13.0. The van der Waals surface area contributed by atoms with E-state index in [-0.39, 0.29) is 39.1 Å². The van der Waals surface area contributed by atoms with Crippen molar-refractivity contribution in [2.45, 2.75) is 26.7 Å². The smallest absolute Gasteiger partial charge is 0.417 e. The number of rotatable bonds is 8.